The van der Waals surface area contributed by atoms with Gasteiger partial charge in [-0.1, -0.05) is 41.1 Å². The van der Waals surface area contributed by atoms with Gasteiger partial charge in [0.05, 0.1) is 6.10 Å². The van der Waals surface area contributed by atoms with E-state index < -0.39 is 6.10 Å². The third-order valence-electron chi connectivity index (χ3n) is 2.69. The molecule has 0 saturated heterocycles. The standard InChI is InChI=1S/C15H15BrO2/c1-2-15(17)13-10-12(8-9-14(13)16)18-11-6-4-3-5-7-11/h3-10,15,17H,2H2,1H3. The Morgan fingerprint density at radius 1 is 1.11 bits per heavy atom. The predicted molar refractivity (Wildman–Crippen MR) is 75.9 cm³/mol. The van der Waals surface area contributed by atoms with Crippen LogP contribution in [0.4, 0.5) is 0 Å². The molecule has 0 aliphatic carbocycles. The monoisotopic (exact) mass is 306 g/mol. The van der Waals surface area contributed by atoms with E-state index in [1.54, 1.807) is 0 Å². The molecule has 1 unspecified atom stereocenters. The van der Waals surface area contributed by atoms with Gasteiger partial charge in [-0.3, -0.25) is 0 Å². The van der Waals surface area contributed by atoms with Gasteiger partial charge in [0, 0.05) is 4.47 Å². The van der Waals surface area contributed by atoms with E-state index in [9.17, 15) is 5.11 Å². The van der Waals surface area contributed by atoms with Crippen LogP contribution in [0.15, 0.2) is 53.0 Å². The van der Waals surface area contributed by atoms with Crippen molar-refractivity contribution in [3.8, 4) is 11.5 Å². The molecule has 0 aliphatic rings. The number of halogens is 1. The van der Waals surface area contributed by atoms with E-state index in [1.807, 2.05) is 55.5 Å². The fourth-order valence-corrected chi connectivity index (χ4v) is 2.20. The molecule has 2 nitrogen and oxygen atoms in total. The molecule has 0 bridgehead atoms. The van der Waals surface area contributed by atoms with Crippen molar-refractivity contribution in [3.63, 3.8) is 0 Å². The number of benzene rings is 2. The molecule has 0 spiro atoms. The lowest BCUT2D eigenvalue weighted by Gasteiger charge is -2.13. The summed E-state index contributed by atoms with van der Waals surface area (Å²) in [7, 11) is 0. The molecule has 0 saturated carbocycles. The first-order valence-corrected chi connectivity index (χ1v) is 6.70. The zero-order chi connectivity index (χ0) is 13.0. The van der Waals surface area contributed by atoms with Crippen molar-refractivity contribution in [1.29, 1.82) is 0 Å². The van der Waals surface area contributed by atoms with Crippen LogP contribution in [-0.2, 0) is 0 Å². The van der Waals surface area contributed by atoms with Gasteiger partial charge in [0.1, 0.15) is 11.5 Å². The van der Waals surface area contributed by atoms with Crippen LogP contribution < -0.4 is 4.74 Å². The minimum atomic E-state index is -0.473. The lowest BCUT2D eigenvalue weighted by molar-refractivity contribution is 0.172. The summed E-state index contributed by atoms with van der Waals surface area (Å²) < 4.78 is 6.64. The number of ether oxygens (including phenoxy) is 1. The average molecular weight is 307 g/mol. The second-order valence-corrected chi connectivity index (χ2v) is 4.88. The summed E-state index contributed by atoms with van der Waals surface area (Å²) in [6.45, 7) is 1.95. The van der Waals surface area contributed by atoms with Gasteiger partial charge in [-0.25, -0.2) is 0 Å². The summed E-state index contributed by atoms with van der Waals surface area (Å²) >= 11 is 3.44. The zero-order valence-electron chi connectivity index (χ0n) is 10.1. The van der Waals surface area contributed by atoms with Crippen LogP contribution in [0.2, 0.25) is 0 Å². The molecule has 0 heterocycles. The van der Waals surface area contributed by atoms with E-state index in [1.165, 1.54) is 0 Å². The Labute approximate surface area is 115 Å². The largest absolute Gasteiger partial charge is 0.457 e. The molecule has 0 aromatic heterocycles. The molecular weight excluding hydrogens is 292 g/mol. The maximum atomic E-state index is 9.92. The smallest absolute Gasteiger partial charge is 0.127 e. The van der Waals surface area contributed by atoms with Crippen LogP contribution in [0.3, 0.4) is 0 Å². The average Bonchev–Trinajstić information content (AvgIpc) is 2.41. The molecule has 18 heavy (non-hydrogen) atoms. The van der Waals surface area contributed by atoms with Gasteiger partial charge in [-0.2, -0.15) is 0 Å². The number of hydrogen-bond acceptors (Lipinski definition) is 2. The zero-order valence-corrected chi connectivity index (χ0v) is 11.7. The molecule has 1 N–H and O–H groups in total. The Hall–Kier alpha value is -1.32. The lowest BCUT2D eigenvalue weighted by atomic mass is 10.1. The molecule has 3 heteroatoms. The maximum absolute atomic E-state index is 9.92. The molecule has 0 radical (unpaired) electrons. The quantitative estimate of drug-likeness (QED) is 0.888. The van der Waals surface area contributed by atoms with Crippen LogP contribution >= 0.6 is 15.9 Å². The topological polar surface area (TPSA) is 29.5 Å². The molecule has 0 aliphatic heterocycles. The summed E-state index contributed by atoms with van der Waals surface area (Å²) in [6.07, 6.45) is 0.201. The third kappa shape index (κ3) is 3.12. The van der Waals surface area contributed by atoms with Crippen molar-refractivity contribution >= 4 is 15.9 Å². The molecular formula is C15H15BrO2. The summed E-state index contributed by atoms with van der Waals surface area (Å²) in [6, 6.07) is 15.2. The van der Waals surface area contributed by atoms with Crippen molar-refractivity contribution in [2.24, 2.45) is 0 Å². The van der Waals surface area contributed by atoms with Crippen molar-refractivity contribution in [2.45, 2.75) is 19.4 Å². The Morgan fingerprint density at radius 2 is 1.83 bits per heavy atom. The van der Waals surface area contributed by atoms with E-state index in [0.717, 1.165) is 21.5 Å². The highest BCUT2D eigenvalue weighted by molar-refractivity contribution is 9.10. The highest BCUT2D eigenvalue weighted by Crippen LogP contribution is 2.31. The molecule has 0 amide bonds. The van der Waals surface area contributed by atoms with Gasteiger partial charge >= 0.3 is 0 Å². The molecule has 1 atom stereocenters. The van der Waals surface area contributed by atoms with E-state index in [2.05, 4.69) is 15.9 Å². The van der Waals surface area contributed by atoms with Crippen LogP contribution in [0.5, 0.6) is 11.5 Å². The van der Waals surface area contributed by atoms with Crippen LogP contribution in [0, 0.1) is 0 Å². The number of aliphatic hydroxyl groups excluding tert-OH is 1. The van der Waals surface area contributed by atoms with Crippen LogP contribution in [0.25, 0.3) is 0 Å². The molecule has 2 aromatic carbocycles. The van der Waals surface area contributed by atoms with Crippen LogP contribution in [-0.4, -0.2) is 5.11 Å². The van der Waals surface area contributed by atoms with Crippen molar-refractivity contribution in [1.82, 2.24) is 0 Å². The summed E-state index contributed by atoms with van der Waals surface area (Å²) in [5.74, 6) is 1.52. The third-order valence-corrected chi connectivity index (χ3v) is 3.41. The first kappa shape index (κ1) is 13.1. The summed E-state index contributed by atoms with van der Waals surface area (Å²) in [5.41, 5.74) is 0.853. The van der Waals surface area contributed by atoms with Gasteiger partial charge in [-0.15, -0.1) is 0 Å². The summed E-state index contributed by atoms with van der Waals surface area (Å²) in [4.78, 5) is 0. The first-order valence-electron chi connectivity index (χ1n) is 5.91. The summed E-state index contributed by atoms with van der Waals surface area (Å²) in [5, 5.41) is 9.92. The van der Waals surface area contributed by atoms with Crippen molar-refractivity contribution < 1.29 is 9.84 Å². The van der Waals surface area contributed by atoms with Crippen molar-refractivity contribution in [3.05, 3.63) is 58.6 Å². The number of aliphatic hydroxyl groups is 1. The highest BCUT2D eigenvalue weighted by atomic mass is 79.9. The fourth-order valence-electron chi connectivity index (χ4n) is 1.69. The fraction of sp³-hybridized carbons (Fsp3) is 0.200. The van der Waals surface area contributed by atoms with Gasteiger partial charge in [-0.05, 0) is 42.3 Å². The second-order valence-electron chi connectivity index (χ2n) is 4.02. The molecule has 94 valence electrons. The Kier molecular flexibility index (Phi) is 4.39. The van der Waals surface area contributed by atoms with E-state index >= 15 is 0 Å². The first-order chi connectivity index (χ1) is 8.70. The number of rotatable bonds is 4. The van der Waals surface area contributed by atoms with Crippen molar-refractivity contribution in [2.75, 3.05) is 0 Å². The van der Waals surface area contributed by atoms with E-state index in [0.29, 0.717) is 6.42 Å². The van der Waals surface area contributed by atoms with E-state index in [-0.39, 0.29) is 0 Å². The Morgan fingerprint density at radius 3 is 2.50 bits per heavy atom. The Bertz CT molecular complexity index is 511. The number of hydrogen-bond donors (Lipinski definition) is 1. The molecule has 0 fully saturated rings. The SMILES string of the molecule is CCC(O)c1cc(Oc2ccccc2)ccc1Br. The normalized spacial score (nSPS) is 12.2. The van der Waals surface area contributed by atoms with E-state index in [4.69, 9.17) is 4.74 Å². The number of para-hydroxylation sites is 1. The predicted octanol–water partition coefficient (Wildman–Crippen LogP) is 4.68. The lowest BCUT2D eigenvalue weighted by Crippen LogP contribution is -1.97. The van der Waals surface area contributed by atoms with Crippen LogP contribution in [0.1, 0.15) is 25.0 Å². The molecule has 2 aromatic rings. The minimum Gasteiger partial charge on any atom is -0.457 e. The Balaban J connectivity index is 2.25. The maximum Gasteiger partial charge on any atom is 0.127 e. The second kappa shape index (κ2) is 6.03. The molecule has 2 rings (SSSR count). The minimum absolute atomic E-state index is 0.473. The highest BCUT2D eigenvalue weighted by Gasteiger charge is 2.10. The van der Waals surface area contributed by atoms with Gasteiger partial charge in [0.2, 0.25) is 0 Å². The van der Waals surface area contributed by atoms with Gasteiger partial charge < -0.3 is 9.84 Å². The van der Waals surface area contributed by atoms with Gasteiger partial charge in [0.25, 0.3) is 0 Å². The van der Waals surface area contributed by atoms with Gasteiger partial charge in [0.15, 0.2) is 0 Å².